The van der Waals surface area contributed by atoms with Crippen molar-refractivity contribution in [2.45, 2.75) is 0 Å². The third-order valence-electron chi connectivity index (χ3n) is 0.746. The number of aromatic nitrogens is 4. The number of carbonyl (C=O) groups is 1. The Kier molecular flexibility index (Phi) is 1.90. The van der Waals surface area contributed by atoms with Gasteiger partial charge in [-0.1, -0.05) is 0 Å². The van der Waals surface area contributed by atoms with Crippen LogP contribution in [-0.4, -0.2) is 33.3 Å². The molecule has 0 bridgehead atoms. The van der Waals surface area contributed by atoms with Crippen molar-refractivity contribution in [2.24, 2.45) is 0 Å². The zero-order valence-corrected chi connectivity index (χ0v) is 5.18. The van der Waals surface area contributed by atoms with E-state index in [-0.39, 0.29) is 0 Å². The topological polar surface area (TPSA) is 81.9 Å². The van der Waals surface area contributed by atoms with Gasteiger partial charge in [0.2, 0.25) is 0 Å². The molecule has 1 aromatic rings. The van der Waals surface area contributed by atoms with E-state index >= 15 is 0 Å². The number of nitrogens with one attached hydrogen (secondary N) is 1. The minimum atomic E-state index is -0.535. The second kappa shape index (κ2) is 2.87. The molecule has 1 aromatic heterocycles. The predicted molar refractivity (Wildman–Crippen MR) is 28.8 cm³/mol. The molecule has 1 N–H and O–H groups in total. The molecular weight excluding hydrogens is 138 g/mol. The molecule has 7 heteroatoms. The summed E-state index contributed by atoms with van der Waals surface area (Å²) >= 11 is 0. The first-order valence-corrected chi connectivity index (χ1v) is 2.41. The number of nitrogens with zero attached hydrogens (tertiary/aromatic N) is 4. The molecule has 0 fully saturated rings. The van der Waals surface area contributed by atoms with Crippen molar-refractivity contribution < 1.29 is 9.63 Å². The molecule has 1 rings (SSSR count). The molecule has 0 saturated heterocycles. The molecule has 0 unspecified atom stereocenters. The monoisotopic (exact) mass is 143 g/mol. The number of tetrazole rings is 1. The molecular formula is C3H5N5O2. The molecule has 0 atom stereocenters. The lowest BCUT2D eigenvalue weighted by molar-refractivity contribution is 0.106. The van der Waals surface area contributed by atoms with Gasteiger partial charge in [-0.15, -0.1) is 9.78 Å². The average molecular weight is 143 g/mol. The lowest BCUT2D eigenvalue weighted by Crippen LogP contribution is -2.27. The Balaban J connectivity index is 2.59. The van der Waals surface area contributed by atoms with Crippen LogP contribution >= 0.6 is 0 Å². The highest BCUT2D eigenvalue weighted by atomic mass is 16.6. The van der Waals surface area contributed by atoms with E-state index < -0.39 is 6.03 Å². The second-order valence-corrected chi connectivity index (χ2v) is 1.37. The van der Waals surface area contributed by atoms with Gasteiger partial charge >= 0.3 is 6.03 Å². The Morgan fingerprint density at radius 1 is 1.80 bits per heavy atom. The fourth-order valence-corrected chi connectivity index (χ4v) is 0.388. The first-order valence-electron chi connectivity index (χ1n) is 2.41. The van der Waals surface area contributed by atoms with Crippen molar-refractivity contribution >= 4 is 6.03 Å². The Hall–Kier alpha value is -1.50. The van der Waals surface area contributed by atoms with E-state index in [4.69, 9.17) is 0 Å². The Bertz CT molecular complexity index is 207. The Morgan fingerprint density at radius 2 is 2.60 bits per heavy atom. The SMILES string of the molecule is CONC(=O)n1cnnn1. The first-order chi connectivity index (χ1) is 4.84. The second-order valence-electron chi connectivity index (χ2n) is 1.37. The fourth-order valence-electron chi connectivity index (χ4n) is 0.388. The quantitative estimate of drug-likeness (QED) is 0.394. The van der Waals surface area contributed by atoms with Crippen LogP contribution < -0.4 is 5.48 Å². The van der Waals surface area contributed by atoms with Gasteiger partial charge in [-0.3, -0.25) is 4.84 Å². The highest BCUT2D eigenvalue weighted by Crippen LogP contribution is 1.74. The lowest BCUT2D eigenvalue weighted by atomic mass is 11.0. The van der Waals surface area contributed by atoms with E-state index in [1.54, 1.807) is 0 Å². The van der Waals surface area contributed by atoms with E-state index in [0.717, 1.165) is 11.0 Å². The van der Waals surface area contributed by atoms with Gasteiger partial charge in [-0.2, -0.15) is 0 Å². The molecule has 0 aliphatic carbocycles. The molecule has 54 valence electrons. The maximum absolute atomic E-state index is 10.7. The molecule has 7 nitrogen and oxygen atoms in total. The van der Waals surface area contributed by atoms with Crippen LogP contribution in [0.15, 0.2) is 6.33 Å². The maximum Gasteiger partial charge on any atom is 0.368 e. The number of amides is 1. The van der Waals surface area contributed by atoms with Crippen molar-refractivity contribution in [1.82, 2.24) is 25.7 Å². The van der Waals surface area contributed by atoms with E-state index in [1.807, 2.05) is 5.48 Å². The largest absolute Gasteiger partial charge is 0.368 e. The van der Waals surface area contributed by atoms with Crippen molar-refractivity contribution in [2.75, 3.05) is 7.11 Å². The zero-order valence-electron chi connectivity index (χ0n) is 5.18. The fraction of sp³-hybridized carbons (Fsp3) is 0.333. The zero-order chi connectivity index (χ0) is 7.40. The van der Waals surface area contributed by atoms with Gasteiger partial charge in [0.25, 0.3) is 0 Å². The summed E-state index contributed by atoms with van der Waals surface area (Å²) in [4.78, 5) is 15.0. The predicted octanol–water partition coefficient (Wildman–Crippen LogP) is -1.21. The van der Waals surface area contributed by atoms with Gasteiger partial charge in [-0.05, 0) is 10.4 Å². The van der Waals surface area contributed by atoms with Crippen LogP contribution in [0.3, 0.4) is 0 Å². The first kappa shape index (κ1) is 6.62. The average Bonchev–Trinajstić information content (AvgIpc) is 2.38. The third kappa shape index (κ3) is 1.26. The van der Waals surface area contributed by atoms with Crippen molar-refractivity contribution in [3.8, 4) is 0 Å². The number of carbonyl (C=O) groups excluding carboxylic acids is 1. The minimum absolute atomic E-state index is 0.535. The van der Waals surface area contributed by atoms with E-state index in [9.17, 15) is 4.79 Å². The lowest BCUT2D eigenvalue weighted by Gasteiger charge is -1.96. The number of hydrogen-bond donors (Lipinski definition) is 1. The summed E-state index contributed by atoms with van der Waals surface area (Å²) in [5.74, 6) is 0. The van der Waals surface area contributed by atoms with E-state index in [2.05, 4.69) is 20.4 Å². The van der Waals surface area contributed by atoms with Crippen LogP contribution in [0.1, 0.15) is 0 Å². The number of hydroxylamine groups is 1. The van der Waals surface area contributed by atoms with Crippen molar-refractivity contribution in [3.63, 3.8) is 0 Å². The normalized spacial score (nSPS) is 9.30. The molecule has 0 saturated carbocycles. The number of rotatable bonds is 1. The highest BCUT2D eigenvalue weighted by molar-refractivity contribution is 5.73. The summed E-state index contributed by atoms with van der Waals surface area (Å²) < 4.78 is 0.906. The van der Waals surface area contributed by atoms with E-state index in [0.29, 0.717) is 0 Å². The molecule has 0 spiro atoms. The summed E-state index contributed by atoms with van der Waals surface area (Å²) in [6, 6.07) is -0.535. The van der Waals surface area contributed by atoms with Gasteiger partial charge in [0.05, 0.1) is 7.11 Å². The smallest absolute Gasteiger partial charge is 0.275 e. The maximum atomic E-state index is 10.7. The summed E-state index contributed by atoms with van der Waals surface area (Å²) in [5, 5.41) is 9.78. The molecule has 0 aromatic carbocycles. The molecule has 1 heterocycles. The van der Waals surface area contributed by atoms with Gasteiger partial charge in [0.1, 0.15) is 6.33 Å². The summed E-state index contributed by atoms with van der Waals surface area (Å²) in [6.07, 6.45) is 1.16. The highest BCUT2D eigenvalue weighted by Gasteiger charge is 2.02. The van der Waals surface area contributed by atoms with Crippen molar-refractivity contribution in [1.29, 1.82) is 0 Å². The Morgan fingerprint density at radius 3 is 3.10 bits per heavy atom. The summed E-state index contributed by atoms with van der Waals surface area (Å²) in [6.45, 7) is 0. The van der Waals surface area contributed by atoms with Gasteiger partial charge in [0, 0.05) is 0 Å². The van der Waals surface area contributed by atoms with E-state index in [1.165, 1.54) is 7.11 Å². The van der Waals surface area contributed by atoms with Gasteiger partial charge in [-0.25, -0.2) is 10.3 Å². The van der Waals surface area contributed by atoms with Crippen LogP contribution in [0.2, 0.25) is 0 Å². The molecule has 10 heavy (non-hydrogen) atoms. The van der Waals surface area contributed by atoms with Crippen LogP contribution in [0, 0.1) is 0 Å². The summed E-state index contributed by atoms with van der Waals surface area (Å²) in [7, 11) is 1.32. The molecule has 0 aliphatic rings. The van der Waals surface area contributed by atoms with Crippen molar-refractivity contribution in [3.05, 3.63) is 6.33 Å². The standard InChI is InChI=1S/C3H5N5O2/c1-10-5-3(9)8-2-4-6-7-8/h2H,1H3,(H,5,9). The molecule has 1 amide bonds. The van der Waals surface area contributed by atoms with Gasteiger partial charge < -0.3 is 0 Å². The summed E-state index contributed by atoms with van der Waals surface area (Å²) in [5.41, 5.74) is 2.03. The van der Waals surface area contributed by atoms with Crippen LogP contribution in [0.25, 0.3) is 0 Å². The third-order valence-corrected chi connectivity index (χ3v) is 0.746. The van der Waals surface area contributed by atoms with Gasteiger partial charge in [0.15, 0.2) is 0 Å². The Labute approximate surface area is 55.9 Å². The van der Waals surface area contributed by atoms with Crippen LogP contribution in [0.4, 0.5) is 4.79 Å². The minimum Gasteiger partial charge on any atom is -0.275 e. The number of hydrogen-bond acceptors (Lipinski definition) is 5. The van der Waals surface area contributed by atoms with Crippen LogP contribution in [0.5, 0.6) is 0 Å². The molecule has 0 radical (unpaired) electrons. The van der Waals surface area contributed by atoms with Crippen LogP contribution in [-0.2, 0) is 4.84 Å². The molecule has 0 aliphatic heterocycles.